The third-order valence-corrected chi connectivity index (χ3v) is 4.54. The van der Waals surface area contributed by atoms with E-state index in [1.54, 1.807) is 48.7 Å². The summed E-state index contributed by atoms with van der Waals surface area (Å²) in [4.78, 5) is 15.0. The van der Waals surface area contributed by atoms with Crippen LogP contribution in [0.2, 0.25) is 0 Å². The van der Waals surface area contributed by atoms with Crippen LogP contribution in [0.4, 0.5) is 13.2 Å². The van der Waals surface area contributed by atoms with Gasteiger partial charge < -0.3 is 14.6 Å². The first-order valence-corrected chi connectivity index (χ1v) is 9.62. The van der Waals surface area contributed by atoms with Gasteiger partial charge in [-0.3, -0.25) is 4.79 Å². The second kappa shape index (κ2) is 10.00. The Morgan fingerprint density at radius 1 is 1.00 bits per heavy atom. The molecule has 0 radical (unpaired) electrons. The zero-order valence-electron chi connectivity index (χ0n) is 17.1. The predicted octanol–water partition coefficient (Wildman–Crippen LogP) is 6.09. The molecule has 0 aliphatic rings. The van der Waals surface area contributed by atoms with Crippen molar-refractivity contribution in [3.05, 3.63) is 83.0 Å². The lowest BCUT2D eigenvalue weighted by Crippen LogP contribution is -2.03. The van der Waals surface area contributed by atoms with Gasteiger partial charge in [0.1, 0.15) is 0 Å². The summed E-state index contributed by atoms with van der Waals surface area (Å²) in [5.41, 5.74) is 1.50. The fourth-order valence-corrected chi connectivity index (χ4v) is 2.84. The molecule has 0 spiro atoms. The molecule has 1 N–H and O–H groups in total. The number of pyridine rings is 1. The van der Waals surface area contributed by atoms with E-state index in [0.717, 1.165) is 23.3 Å². The molecule has 0 bridgehead atoms. The average molecular weight is 443 g/mol. The fourth-order valence-electron chi connectivity index (χ4n) is 2.84. The van der Waals surface area contributed by atoms with Gasteiger partial charge in [-0.2, -0.15) is 13.2 Å². The molecule has 5 nitrogen and oxygen atoms in total. The first-order chi connectivity index (χ1) is 15.2. The van der Waals surface area contributed by atoms with Crippen LogP contribution in [0.5, 0.6) is 17.4 Å². The van der Waals surface area contributed by atoms with Crippen LogP contribution < -0.4 is 9.47 Å². The van der Waals surface area contributed by atoms with Crippen molar-refractivity contribution in [2.75, 3.05) is 7.11 Å². The van der Waals surface area contributed by atoms with Crippen molar-refractivity contribution < 1.29 is 32.5 Å². The Labute approximate surface area is 182 Å². The first kappa shape index (κ1) is 22.9. The highest BCUT2D eigenvalue weighted by molar-refractivity contribution is 5.69. The molecule has 0 aliphatic heterocycles. The summed E-state index contributed by atoms with van der Waals surface area (Å²) in [6.45, 7) is 0. The van der Waals surface area contributed by atoms with Crippen molar-refractivity contribution in [2.45, 2.75) is 19.0 Å². The van der Waals surface area contributed by atoms with Gasteiger partial charge in [0.2, 0.25) is 5.88 Å². The number of hydrogen-bond donors (Lipinski definition) is 1. The summed E-state index contributed by atoms with van der Waals surface area (Å²) in [7, 11) is 1.49. The summed E-state index contributed by atoms with van der Waals surface area (Å²) in [6.07, 6.45) is 1.04. The van der Waals surface area contributed by atoms with Gasteiger partial charge in [0.05, 0.1) is 12.7 Å². The van der Waals surface area contributed by atoms with Gasteiger partial charge in [-0.05, 0) is 53.4 Å². The number of nitrogens with zero attached hydrogens (tertiary/aromatic N) is 1. The minimum atomic E-state index is -4.36. The van der Waals surface area contributed by atoms with Gasteiger partial charge in [-0.15, -0.1) is 0 Å². The molecule has 32 heavy (non-hydrogen) atoms. The largest absolute Gasteiger partial charge is 0.493 e. The smallest absolute Gasteiger partial charge is 0.416 e. The highest BCUT2D eigenvalue weighted by atomic mass is 19.4. The Morgan fingerprint density at radius 3 is 2.28 bits per heavy atom. The number of aryl methyl sites for hydroxylation is 1. The van der Waals surface area contributed by atoms with Crippen LogP contribution in [-0.4, -0.2) is 23.2 Å². The van der Waals surface area contributed by atoms with Gasteiger partial charge >= 0.3 is 12.1 Å². The quantitative estimate of drug-likeness (QED) is 0.456. The van der Waals surface area contributed by atoms with Crippen molar-refractivity contribution >= 4 is 18.1 Å². The maximum Gasteiger partial charge on any atom is 0.416 e. The summed E-state index contributed by atoms with van der Waals surface area (Å²) in [5, 5.41) is 8.81. The third-order valence-electron chi connectivity index (χ3n) is 4.54. The van der Waals surface area contributed by atoms with E-state index >= 15 is 0 Å². The molecule has 2 aromatic carbocycles. The second-order valence-corrected chi connectivity index (χ2v) is 6.86. The lowest BCUT2D eigenvalue weighted by atomic mass is 10.1. The number of aromatic nitrogens is 1. The fraction of sp³-hybridized carbons (Fsp3) is 0.167. The SMILES string of the molecule is COc1cc(CCC(=O)O)ccc1Oc1ccc(C=Cc2ccc(C(F)(F)F)cc2)cn1. The maximum absolute atomic E-state index is 12.6. The number of hydrogen-bond acceptors (Lipinski definition) is 4. The summed E-state index contributed by atoms with van der Waals surface area (Å²) >= 11 is 0. The number of benzene rings is 2. The topological polar surface area (TPSA) is 68.7 Å². The van der Waals surface area contributed by atoms with E-state index in [0.29, 0.717) is 29.4 Å². The van der Waals surface area contributed by atoms with Crippen LogP contribution in [0, 0.1) is 0 Å². The van der Waals surface area contributed by atoms with E-state index in [1.165, 1.54) is 19.2 Å². The number of alkyl halides is 3. The van der Waals surface area contributed by atoms with Gasteiger partial charge in [0, 0.05) is 18.7 Å². The van der Waals surface area contributed by atoms with Crippen LogP contribution in [0.3, 0.4) is 0 Å². The number of methoxy groups -OCH3 is 1. The molecule has 1 aromatic heterocycles. The Kier molecular flexibility index (Phi) is 7.14. The van der Waals surface area contributed by atoms with Crippen LogP contribution in [-0.2, 0) is 17.4 Å². The highest BCUT2D eigenvalue weighted by Crippen LogP contribution is 2.32. The first-order valence-electron chi connectivity index (χ1n) is 9.62. The van der Waals surface area contributed by atoms with Crippen molar-refractivity contribution in [1.29, 1.82) is 0 Å². The van der Waals surface area contributed by atoms with Gasteiger partial charge in [-0.25, -0.2) is 4.98 Å². The predicted molar refractivity (Wildman–Crippen MR) is 114 cm³/mol. The average Bonchev–Trinajstić information content (AvgIpc) is 2.77. The zero-order chi connectivity index (χ0) is 23.1. The molecule has 3 rings (SSSR count). The Balaban J connectivity index is 1.65. The van der Waals surface area contributed by atoms with Crippen molar-refractivity contribution in [3.63, 3.8) is 0 Å². The minimum Gasteiger partial charge on any atom is -0.493 e. The van der Waals surface area contributed by atoms with Gasteiger partial charge in [0.25, 0.3) is 0 Å². The lowest BCUT2D eigenvalue weighted by molar-refractivity contribution is -0.138. The molecule has 1 heterocycles. The van der Waals surface area contributed by atoms with Crippen molar-refractivity contribution in [3.8, 4) is 17.4 Å². The van der Waals surface area contributed by atoms with E-state index in [1.807, 2.05) is 0 Å². The Hall–Kier alpha value is -3.81. The number of rotatable bonds is 8. The number of carbonyl (C=O) groups is 1. The molecule has 0 amide bonds. The van der Waals surface area contributed by atoms with Crippen LogP contribution in [0.15, 0.2) is 60.8 Å². The van der Waals surface area contributed by atoms with Gasteiger partial charge in [-0.1, -0.05) is 30.4 Å². The van der Waals surface area contributed by atoms with Crippen LogP contribution in [0.1, 0.15) is 28.7 Å². The summed E-state index contributed by atoms with van der Waals surface area (Å²) in [5.74, 6) is 0.349. The number of aliphatic carboxylic acids is 1. The molecule has 0 fully saturated rings. The number of halogens is 3. The Bertz CT molecular complexity index is 1090. The minimum absolute atomic E-state index is 0.0202. The molecular formula is C24H20F3NO4. The number of carboxylic acids is 1. The second-order valence-electron chi connectivity index (χ2n) is 6.86. The van der Waals surface area contributed by atoms with E-state index < -0.39 is 17.7 Å². The van der Waals surface area contributed by atoms with Crippen molar-refractivity contribution in [1.82, 2.24) is 4.98 Å². The Morgan fingerprint density at radius 2 is 1.69 bits per heavy atom. The third kappa shape index (κ3) is 6.34. The molecule has 3 aromatic rings. The van der Waals surface area contributed by atoms with E-state index in [9.17, 15) is 18.0 Å². The molecule has 0 saturated carbocycles. The zero-order valence-corrected chi connectivity index (χ0v) is 17.1. The molecule has 0 atom stereocenters. The number of ether oxygens (including phenoxy) is 2. The van der Waals surface area contributed by atoms with E-state index in [4.69, 9.17) is 14.6 Å². The van der Waals surface area contributed by atoms with E-state index in [2.05, 4.69) is 4.98 Å². The maximum atomic E-state index is 12.6. The monoisotopic (exact) mass is 443 g/mol. The highest BCUT2D eigenvalue weighted by Gasteiger charge is 2.29. The molecule has 0 saturated heterocycles. The number of carboxylic acid groups (broad SMARTS) is 1. The lowest BCUT2D eigenvalue weighted by Gasteiger charge is -2.11. The van der Waals surface area contributed by atoms with Crippen molar-refractivity contribution in [2.24, 2.45) is 0 Å². The van der Waals surface area contributed by atoms with Gasteiger partial charge in [0.15, 0.2) is 11.5 Å². The normalized spacial score (nSPS) is 11.5. The van der Waals surface area contributed by atoms with Crippen LogP contribution >= 0.6 is 0 Å². The molecular weight excluding hydrogens is 423 g/mol. The summed E-state index contributed by atoms with van der Waals surface area (Å²) < 4.78 is 49.0. The standard InChI is InChI=1S/C24H20F3NO4/c1-31-21-14-17(8-13-23(29)30)6-11-20(21)32-22-12-7-18(15-28-22)3-2-16-4-9-19(10-5-16)24(25,26)27/h2-7,9-12,14-15H,8,13H2,1H3,(H,29,30). The summed E-state index contributed by atoms with van der Waals surface area (Å²) in [6, 6.07) is 13.5. The molecule has 0 unspecified atom stereocenters. The molecule has 166 valence electrons. The van der Waals surface area contributed by atoms with E-state index in [-0.39, 0.29) is 6.42 Å². The molecule has 8 heteroatoms. The van der Waals surface area contributed by atoms with Crippen LogP contribution in [0.25, 0.3) is 12.2 Å². The molecule has 0 aliphatic carbocycles.